The Morgan fingerprint density at radius 2 is 1.67 bits per heavy atom. The van der Waals surface area contributed by atoms with Gasteiger partial charge in [-0.2, -0.15) is 0 Å². The molecule has 2 heteroatoms. The summed E-state index contributed by atoms with van der Waals surface area (Å²) in [6.45, 7) is 1.23. The summed E-state index contributed by atoms with van der Waals surface area (Å²) in [5.41, 5.74) is 0. The largest absolute Gasteiger partial charge is 0.331 e. The van der Waals surface area contributed by atoms with E-state index in [9.17, 15) is 0 Å². The highest BCUT2D eigenvalue weighted by Crippen LogP contribution is 1.97. The molecule has 0 aromatic heterocycles. The summed E-state index contributed by atoms with van der Waals surface area (Å²) < 4.78 is 1.05. The second-order valence-corrected chi connectivity index (χ2v) is 3.79. The molecule has 0 aliphatic carbocycles. The van der Waals surface area contributed by atoms with E-state index in [4.69, 9.17) is 11.6 Å². The molecular formula is C7H17ClN+. The minimum absolute atomic E-state index is 0.806. The first-order valence-electron chi connectivity index (χ1n) is 3.43. The van der Waals surface area contributed by atoms with Crippen LogP contribution in [0.2, 0.25) is 0 Å². The van der Waals surface area contributed by atoms with E-state index in [0.717, 1.165) is 16.8 Å². The van der Waals surface area contributed by atoms with Crippen LogP contribution in [0.25, 0.3) is 0 Å². The number of hydrogen-bond donors (Lipinski definition) is 0. The molecule has 0 saturated carbocycles. The average molecular weight is 151 g/mol. The third-order valence-electron chi connectivity index (χ3n) is 1.21. The molecule has 0 saturated heterocycles. The maximum atomic E-state index is 5.52. The second-order valence-electron chi connectivity index (χ2n) is 3.41. The fourth-order valence-corrected chi connectivity index (χ4v) is 0.870. The number of nitrogens with zero attached hydrogens (tertiary/aromatic N) is 1. The van der Waals surface area contributed by atoms with Gasteiger partial charge >= 0.3 is 0 Å². The van der Waals surface area contributed by atoms with E-state index in [-0.39, 0.29) is 0 Å². The highest BCUT2D eigenvalue weighted by atomic mass is 35.5. The quantitative estimate of drug-likeness (QED) is 0.325. The molecule has 0 bridgehead atoms. The standard InChI is InChI=1S/C7H17ClN/c1-9(2,3)7-5-4-6-8/h4-7H2,1-3H3/q+1. The first-order valence-corrected chi connectivity index (χ1v) is 3.96. The minimum atomic E-state index is 0.806. The van der Waals surface area contributed by atoms with Gasteiger partial charge in [0.15, 0.2) is 0 Å². The molecule has 0 amide bonds. The van der Waals surface area contributed by atoms with E-state index in [2.05, 4.69) is 21.1 Å². The number of alkyl halides is 1. The van der Waals surface area contributed by atoms with Crippen molar-refractivity contribution in [2.45, 2.75) is 12.8 Å². The van der Waals surface area contributed by atoms with Crippen molar-refractivity contribution in [2.24, 2.45) is 0 Å². The molecule has 0 N–H and O–H groups in total. The van der Waals surface area contributed by atoms with Crippen LogP contribution in [0.5, 0.6) is 0 Å². The van der Waals surface area contributed by atoms with E-state index in [0.29, 0.717) is 0 Å². The monoisotopic (exact) mass is 150 g/mol. The van der Waals surface area contributed by atoms with Crippen molar-refractivity contribution in [3.63, 3.8) is 0 Å². The second kappa shape index (κ2) is 4.13. The Labute approximate surface area is 63.2 Å². The van der Waals surface area contributed by atoms with Crippen LogP contribution in [-0.2, 0) is 0 Å². The number of hydrogen-bond acceptors (Lipinski definition) is 0. The van der Waals surface area contributed by atoms with Gasteiger partial charge in [-0.25, -0.2) is 0 Å². The van der Waals surface area contributed by atoms with Crippen LogP contribution in [0.15, 0.2) is 0 Å². The van der Waals surface area contributed by atoms with Crippen LogP contribution in [0.3, 0.4) is 0 Å². The van der Waals surface area contributed by atoms with Crippen molar-refractivity contribution in [1.82, 2.24) is 0 Å². The van der Waals surface area contributed by atoms with Crippen molar-refractivity contribution in [3.05, 3.63) is 0 Å². The molecule has 9 heavy (non-hydrogen) atoms. The van der Waals surface area contributed by atoms with Gasteiger partial charge in [-0.3, -0.25) is 0 Å². The summed E-state index contributed by atoms with van der Waals surface area (Å²) in [5.74, 6) is 0.806. The van der Waals surface area contributed by atoms with E-state index >= 15 is 0 Å². The van der Waals surface area contributed by atoms with E-state index in [1.807, 2.05) is 0 Å². The smallest absolute Gasteiger partial charge is 0.0780 e. The van der Waals surface area contributed by atoms with Crippen molar-refractivity contribution in [2.75, 3.05) is 33.6 Å². The average Bonchev–Trinajstić information content (AvgIpc) is 1.63. The van der Waals surface area contributed by atoms with Gasteiger partial charge in [-0.1, -0.05) is 0 Å². The highest BCUT2D eigenvalue weighted by Gasteiger charge is 2.04. The molecule has 0 heterocycles. The maximum Gasteiger partial charge on any atom is 0.0780 e. The maximum absolute atomic E-state index is 5.52. The highest BCUT2D eigenvalue weighted by molar-refractivity contribution is 6.17. The fraction of sp³-hybridized carbons (Fsp3) is 1.00. The molecular weight excluding hydrogens is 134 g/mol. The summed E-state index contributed by atoms with van der Waals surface area (Å²) in [7, 11) is 6.61. The Bertz CT molecular complexity index is 65.8. The van der Waals surface area contributed by atoms with Gasteiger partial charge in [0.1, 0.15) is 0 Å². The zero-order valence-electron chi connectivity index (χ0n) is 6.65. The predicted molar refractivity (Wildman–Crippen MR) is 42.9 cm³/mol. The van der Waals surface area contributed by atoms with Crippen LogP contribution in [-0.4, -0.2) is 38.1 Å². The first-order chi connectivity index (χ1) is 4.06. The summed E-state index contributed by atoms with van der Waals surface area (Å²) >= 11 is 5.52. The van der Waals surface area contributed by atoms with Gasteiger partial charge in [0.2, 0.25) is 0 Å². The number of halogens is 1. The molecule has 0 aliphatic rings. The molecule has 0 aliphatic heterocycles. The SMILES string of the molecule is C[N+](C)(C)CCCCCl. The van der Waals surface area contributed by atoms with Crippen molar-refractivity contribution >= 4 is 11.6 Å². The van der Waals surface area contributed by atoms with Gasteiger partial charge in [0.25, 0.3) is 0 Å². The van der Waals surface area contributed by atoms with Crippen LogP contribution in [0.1, 0.15) is 12.8 Å². The zero-order valence-corrected chi connectivity index (χ0v) is 7.41. The van der Waals surface area contributed by atoms with Crippen molar-refractivity contribution < 1.29 is 4.48 Å². The lowest BCUT2D eigenvalue weighted by Gasteiger charge is -2.23. The number of quaternary nitrogens is 1. The van der Waals surface area contributed by atoms with Gasteiger partial charge in [-0.05, 0) is 12.8 Å². The molecule has 0 aromatic carbocycles. The van der Waals surface area contributed by atoms with E-state index in [1.165, 1.54) is 13.0 Å². The molecule has 0 rings (SSSR count). The Morgan fingerprint density at radius 3 is 2.00 bits per heavy atom. The molecule has 0 unspecified atom stereocenters. The van der Waals surface area contributed by atoms with Gasteiger partial charge in [0.05, 0.1) is 27.7 Å². The Kier molecular flexibility index (Phi) is 4.24. The lowest BCUT2D eigenvalue weighted by molar-refractivity contribution is -0.870. The predicted octanol–water partition coefficient (Wildman–Crippen LogP) is 1.71. The van der Waals surface area contributed by atoms with Gasteiger partial charge < -0.3 is 4.48 Å². The minimum Gasteiger partial charge on any atom is -0.331 e. The Morgan fingerprint density at radius 1 is 1.11 bits per heavy atom. The zero-order chi connectivity index (χ0) is 7.33. The number of rotatable bonds is 4. The van der Waals surface area contributed by atoms with E-state index in [1.54, 1.807) is 0 Å². The van der Waals surface area contributed by atoms with Crippen LogP contribution in [0, 0.1) is 0 Å². The lowest BCUT2D eigenvalue weighted by atomic mass is 10.3. The Hall–Kier alpha value is 0.250. The topological polar surface area (TPSA) is 0 Å². The van der Waals surface area contributed by atoms with Crippen molar-refractivity contribution in [1.29, 1.82) is 0 Å². The molecule has 0 fully saturated rings. The first kappa shape index (κ1) is 9.25. The van der Waals surface area contributed by atoms with E-state index < -0.39 is 0 Å². The van der Waals surface area contributed by atoms with Crippen molar-refractivity contribution in [3.8, 4) is 0 Å². The molecule has 56 valence electrons. The normalized spacial score (nSPS) is 12.0. The third kappa shape index (κ3) is 8.25. The summed E-state index contributed by atoms with van der Waals surface area (Å²) in [4.78, 5) is 0. The fourth-order valence-electron chi connectivity index (χ4n) is 0.681. The molecule has 1 nitrogen and oxygen atoms in total. The van der Waals surface area contributed by atoms with Crippen LogP contribution >= 0.6 is 11.6 Å². The van der Waals surface area contributed by atoms with Crippen LogP contribution in [0.4, 0.5) is 0 Å². The van der Waals surface area contributed by atoms with Gasteiger partial charge in [0, 0.05) is 5.88 Å². The summed E-state index contributed by atoms with van der Waals surface area (Å²) in [6.07, 6.45) is 2.39. The van der Waals surface area contributed by atoms with Gasteiger partial charge in [-0.15, -0.1) is 11.6 Å². The number of unbranched alkanes of at least 4 members (excludes halogenated alkanes) is 1. The molecule has 0 spiro atoms. The third-order valence-corrected chi connectivity index (χ3v) is 1.48. The lowest BCUT2D eigenvalue weighted by Crippen LogP contribution is -2.35. The molecule has 0 aromatic rings. The molecule has 0 atom stereocenters. The summed E-state index contributed by atoms with van der Waals surface area (Å²) in [5, 5.41) is 0. The summed E-state index contributed by atoms with van der Waals surface area (Å²) in [6, 6.07) is 0. The molecule has 0 radical (unpaired) electrons. The van der Waals surface area contributed by atoms with Crippen LogP contribution < -0.4 is 0 Å². The Balaban J connectivity index is 3.07.